The molecule has 17 heavy (non-hydrogen) atoms. The molecule has 0 aromatic heterocycles. The van der Waals surface area contributed by atoms with Gasteiger partial charge in [-0.2, -0.15) is 0 Å². The van der Waals surface area contributed by atoms with E-state index in [0.717, 1.165) is 0 Å². The van der Waals surface area contributed by atoms with Gasteiger partial charge in [-0.05, 0) is 41.5 Å². The molecule has 0 atom stereocenters. The Hall–Kier alpha value is -1.07. The third-order valence-corrected chi connectivity index (χ3v) is 0.866. The molecule has 0 aliphatic heterocycles. The van der Waals surface area contributed by atoms with Gasteiger partial charge in [0.25, 0.3) is 0 Å². The Morgan fingerprint density at radius 2 is 1.47 bits per heavy atom. The van der Waals surface area contributed by atoms with Gasteiger partial charge in [-0.15, -0.1) is 0 Å². The Morgan fingerprint density at radius 1 is 1.12 bits per heavy atom. The van der Waals surface area contributed by atoms with E-state index < -0.39 is 6.16 Å². The van der Waals surface area contributed by atoms with Gasteiger partial charge < -0.3 is 9.84 Å². The quantitative estimate of drug-likeness (QED) is 0.359. The number of carbonyl (C=O) groups is 1. The molecule has 0 heterocycles. The summed E-state index contributed by atoms with van der Waals surface area (Å²) >= 11 is 0. The van der Waals surface area contributed by atoms with E-state index in [4.69, 9.17) is 14.9 Å². The zero-order valence-electron chi connectivity index (χ0n) is 11.6. The highest BCUT2D eigenvalue weighted by atomic mass is 17.2. The van der Waals surface area contributed by atoms with Crippen molar-refractivity contribution in [2.45, 2.75) is 52.7 Å². The highest BCUT2D eigenvalue weighted by Gasteiger charge is 2.18. The van der Waals surface area contributed by atoms with Gasteiger partial charge >= 0.3 is 6.16 Å². The first kappa shape index (κ1) is 18.3. The summed E-state index contributed by atoms with van der Waals surface area (Å²) in [5, 5.41) is 7.77. The monoisotopic (exact) mass is 248 g/mol. The van der Waals surface area contributed by atoms with Crippen LogP contribution in [0.1, 0.15) is 41.5 Å². The van der Waals surface area contributed by atoms with E-state index in [-0.39, 0.29) is 17.8 Å². The van der Waals surface area contributed by atoms with Crippen molar-refractivity contribution >= 4 is 6.16 Å². The third kappa shape index (κ3) is 25.3. The maximum absolute atomic E-state index is 9.49. The molecule has 0 aliphatic carbocycles. The molecule has 0 fully saturated rings. The van der Waals surface area contributed by atoms with Crippen molar-refractivity contribution in [1.29, 1.82) is 0 Å². The zero-order chi connectivity index (χ0) is 14.1. The normalized spacial score (nSPS) is 11.2. The van der Waals surface area contributed by atoms with Crippen LogP contribution in [0.3, 0.4) is 0 Å². The van der Waals surface area contributed by atoms with E-state index in [1.54, 1.807) is 0 Å². The van der Waals surface area contributed by atoms with Crippen LogP contribution in [0.2, 0.25) is 0 Å². The molecule has 0 saturated heterocycles. The lowest BCUT2D eigenvalue weighted by Gasteiger charge is -2.24. The van der Waals surface area contributed by atoms with Crippen LogP contribution in [0, 0.1) is 0 Å². The first-order chi connectivity index (χ1) is 7.48. The van der Waals surface area contributed by atoms with Gasteiger partial charge in [0.05, 0.1) is 11.2 Å². The lowest BCUT2D eigenvalue weighted by molar-refractivity contribution is -0.393. The van der Waals surface area contributed by atoms with Gasteiger partial charge in [0.15, 0.2) is 0 Å². The number of hydrogen-bond acceptors (Lipinski definition) is 4. The maximum Gasteiger partial charge on any atom is 0.506 e. The van der Waals surface area contributed by atoms with Gasteiger partial charge in [-0.25, -0.2) is 14.6 Å². The fourth-order valence-corrected chi connectivity index (χ4v) is 0.380. The van der Waals surface area contributed by atoms with Crippen molar-refractivity contribution in [3.8, 4) is 0 Å². The molecular formula is C12H24O5. The number of hydrogen-bond donors (Lipinski definition) is 1. The number of ether oxygens (including phenoxy) is 1. The summed E-state index contributed by atoms with van der Waals surface area (Å²) < 4.78 is 3.99. The van der Waals surface area contributed by atoms with E-state index in [9.17, 15) is 4.79 Å². The topological polar surface area (TPSA) is 65.0 Å². The van der Waals surface area contributed by atoms with Crippen molar-refractivity contribution in [2.24, 2.45) is 0 Å². The van der Waals surface area contributed by atoms with Gasteiger partial charge in [0.2, 0.25) is 0 Å². The van der Waals surface area contributed by atoms with Crippen molar-refractivity contribution < 1.29 is 24.4 Å². The highest BCUT2D eigenvalue weighted by Crippen LogP contribution is 2.14. The predicted molar refractivity (Wildman–Crippen MR) is 65.8 cm³/mol. The molecule has 102 valence electrons. The van der Waals surface area contributed by atoms with Crippen LogP contribution < -0.4 is 0 Å². The molecule has 0 aromatic carbocycles. The van der Waals surface area contributed by atoms with Gasteiger partial charge in [-0.3, -0.25) is 0 Å². The minimum atomic E-state index is -1.26. The van der Waals surface area contributed by atoms with E-state index in [2.05, 4.69) is 11.3 Å². The molecule has 0 radical (unpaired) electrons. The molecule has 0 rings (SSSR count). The van der Waals surface area contributed by atoms with Crippen molar-refractivity contribution in [1.82, 2.24) is 0 Å². The average molecular weight is 248 g/mol. The highest BCUT2D eigenvalue weighted by molar-refractivity contribution is 5.56. The molecule has 0 aliphatic rings. The van der Waals surface area contributed by atoms with E-state index in [1.807, 2.05) is 41.5 Å². The molecule has 0 unspecified atom stereocenters. The van der Waals surface area contributed by atoms with E-state index in [1.165, 1.54) is 6.08 Å². The second kappa shape index (κ2) is 8.08. The molecule has 0 aromatic rings. The Balaban J connectivity index is 0. The van der Waals surface area contributed by atoms with Crippen LogP contribution in [0.25, 0.3) is 0 Å². The van der Waals surface area contributed by atoms with Crippen LogP contribution in [-0.4, -0.2) is 29.1 Å². The second-order valence-corrected chi connectivity index (χ2v) is 5.26. The second-order valence-electron chi connectivity index (χ2n) is 5.26. The molecule has 5 heteroatoms. The molecular weight excluding hydrogens is 224 g/mol. The Morgan fingerprint density at radius 3 is 1.59 bits per heavy atom. The van der Waals surface area contributed by atoms with Crippen LogP contribution in [0.4, 0.5) is 4.79 Å². The van der Waals surface area contributed by atoms with Crippen LogP contribution in [0.15, 0.2) is 12.7 Å². The van der Waals surface area contributed by atoms with Crippen LogP contribution in [-0.2, 0) is 14.5 Å². The fraction of sp³-hybridized carbons (Fsp3) is 0.750. The first-order valence-corrected chi connectivity index (χ1v) is 5.31. The summed E-state index contributed by atoms with van der Waals surface area (Å²) in [5.74, 6) is 0. The molecule has 5 nitrogen and oxygen atoms in total. The van der Waals surface area contributed by atoms with Gasteiger partial charge in [0.1, 0.15) is 6.61 Å². The smallest absolute Gasteiger partial charge is 0.450 e. The van der Waals surface area contributed by atoms with Gasteiger partial charge in [-0.1, -0.05) is 12.7 Å². The van der Waals surface area contributed by atoms with Gasteiger partial charge in [0, 0.05) is 0 Å². The summed E-state index contributed by atoms with van der Waals surface area (Å²) in [6, 6.07) is 0. The summed E-state index contributed by atoms with van der Waals surface area (Å²) in [4.78, 5) is 19.7. The lowest BCUT2D eigenvalue weighted by Crippen LogP contribution is -2.27. The summed E-state index contributed by atoms with van der Waals surface area (Å²) in [6.45, 7) is 15.1. The van der Waals surface area contributed by atoms with Crippen molar-refractivity contribution in [3.63, 3.8) is 0 Å². The Bertz CT molecular complexity index is 208. The summed E-state index contributed by atoms with van der Waals surface area (Å²) in [7, 11) is 0. The molecule has 0 saturated carbocycles. The SMILES string of the molecule is C=CCOC(=O)O.CC(C)(C)OOC(C)(C)C. The summed E-state index contributed by atoms with van der Waals surface area (Å²) in [6.07, 6.45) is 0.105. The third-order valence-electron chi connectivity index (χ3n) is 0.866. The van der Waals surface area contributed by atoms with Crippen molar-refractivity contribution in [3.05, 3.63) is 12.7 Å². The predicted octanol–water partition coefficient (Wildman–Crippen LogP) is 3.40. The zero-order valence-corrected chi connectivity index (χ0v) is 11.6. The molecule has 0 spiro atoms. The van der Waals surface area contributed by atoms with E-state index in [0.29, 0.717) is 0 Å². The van der Waals surface area contributed by atoms with E-state index >= 15 is 0 Å². The average Bonchev–Trinajstić information content (AvgIpc) is 2.10. The maximum atomic E-state index is 9.49. The molecule has 0 bridgehead atoms. The molecule has 1 N–H and O–H groups in total. The Labute approximate surface area is 103 Å². The summed E-state index contributed by atoms with van der Waals surface area (Å²) in [5.41, 5.74) is -0.430. The van der Waals surface area contributed by atoms with Crippen LogP contribution in [0.5, 0.6) is 0 Å². The largest absolute Gasteiger partial charge is 0.506 e. The number of carboxylic acid groups (broad SMARTS) is 1. The van der Waals surface area contributed by atoms with Crippen molar-refractivity contribution in [2.75, 3.05) is 6.61 Å². The minimum absolute atomic E-state index is 0.0648. The number of rotatable bonds is 3. The standard InChI is InChI=1S/C8H18O2.C4H6O3/c1-7(2,3)9-10-8(4,5)6;1-2-3-7-4(5)6/h1-6H3;2H,1,3H2,(H,5,6). The van der Waals surface area contributed by atoms with Crippen LogP contribution >= 0.6 is 0 Å². The minimum Gasteiger partial charge on any atom is -0.450 e. The lowest BCUT2D eigenvalue weighted by atomic mass is 10.2. The first-order valence-electron chi connectivity index (χ1n) is 5.31. The Kier molecular flexibility index (Phi) is 8.70. The molecule has 0 amide bonds. The fourth-order valence-electron chi connectivity index (χ4n) is 0.380.